The molecule has 1 atom stereocenters. The molecule has 0 saturated carbocycles. The Hall–Kier alpha value is -2.02. The van der Waals surface area contributed by atoms with Gasteiger partial charge in [-0.25, -0.2) is 9.67 Å². The van der Waals surface area contributed by atoms with Gasteiger partial charge < -0.3 is 10.2 Å². The fraction of sp³-hybridized carbons (Fsp3) is 0.550. The van der Waals surface area contributed by atoms with Crippen LogP contribution in [0.5, 0.6) is 0 Å². The zero-order chi connectivity index (χ0) is 19.4. The first kappa shape index (κ1) is 19.7. The van der Waals surface area contributed by atoms with E-state index in [9.17, 15) is 0 Å². The lowest BCUT2D eigenvalue weighted by Crippen LogP contribution is -2.48. The fourth-order valence-electron chi connectivity index (χ4n) is 3.29. The van der Waals surface area contributed by atoms with E-state index in [1.807, 2.05) is 37.8 Å². The summed E-state index contributed by atoms with van der Waals surface area (Å²) in [7, 11) is 1.86. The van der Waals surface area contributed by atoms with Crippen molar-refractivity contribution in [2.24, 2.45) is 10.9 Å². The molecule has 1 fully saturated rings. The maximum Gasteiger partial charge on any atom is 0.193 e. The number of nitrogens with one attached hydrogen (secondary N) is 1. The summed E-state index contributed by atoms with van der Waals surface area (Å²) in [5.41, 5.74) is 3.23. The van der Waals surface area contributed by atoms with Crippen molar-refractivity contribution in [3.8, 4) is 5.82 Å². The molecule has 0 amide bonds. The zero-order valence-electron chi connectivity index (χ0n) is 16.9. The molecule has 0 radical (unpaired) electrons. The summed E-state index contributed by atoms with van der Waals surface area (Å²) in [5, 5.41) is 8.65. The van der Waals surface area contributed by atoms with E-state index in [2.05, 4.69) is 63.0 Å². The Labute approximate surface area is 166 Å². The third-order valence-corrected chi connectivity index (χ3v) is 6.37. The summed E-state index contributed by atoms with van der Waals surface area (Å²) in [6.45, 7) is 11.5. The average molecular weight is 387 g/mol. The van der Waals surface area contributed by atoms with Crippen molar-refractivity contribution in [3.63, 3.8) is 0 Å². The first-order valence-electron chi connectivity index (χ1n) is 9.53. The number of aryl methyl sites for hydroxylation is 2. The van der Waals surface area contributed by atoms with Crippen LogP contribution in [0.4, 0.5) is 0 Å². The number of rotatable bonds is 4. The monoisotopic (exact) mass is 386 g/mol. The molecule has 2 aromatic rings. The third-order valence-electron chi connectivity index (χ3n) is 4.83. The van der Waals surface area contributed by atoms with Crippen molar-refractivity contribution in [1.29, 1.82) is 0 Å². The quantitative estimate of drug-likeness (QED) is 0.647. The van der Waals surface area contributed by atoms with Crippen LogP contribution in [0.15, 0.2) is 29.4 Å². The number of hydrogen-bond donors (Lipinski definition) is 1. The minimum absolute atomic E-state index is 0.666. The van der Waals surface area contributed by atoms with Crippen molar-refractivity contribution in [1.82, 2.24) is 25.0 Å². The molecule has 1 N–H and O–H groups in total. The summed E-state index contributed by atoms with van der Waals surface area (Å²) < 4.78 is 1.88. The molecule has 0 spiro atoms. The van der Waals surface area contributed by atoms with Gasteiger partial charge in [0.05, 0.1) is 5.69 Å². The van der Waals surface area contributed by atoms with Crippen molar-refractivity contribution in [2.75, 3.05) is 25.9 Å². The zero-order valence-corrected chi connectivity index (χ0v) is 17.8. The fourth-order valence-corrected chi connectivity index (χ4v) is 4.59. The maximum atomic E-state index is 4.58. The summed E-state index contributed by atoms with van der Waals surface area (Å²) in [5.74, 6) is 3.66. The number of aliphatic imine (C=N–C) groups is 1. The lowest BCUT2D eigenvalue weighted by atomic mass is 10.1. The van der Waals surface area contributed by atoms with Crippen molar-refractivity contribution in [2.45, 2.75) is 39.5 Å². The van der Waals surface area contributed by atoms with Crippen LogP contribution < -0.4 is 5.32 Å². The first-order chi connectivity index (χ1) is 13.0. The van der Waals surface area contributed by atoms with Gasteiger partial charge in [0, 0.05) is 49.6 Å². The van der Waals surface area contributed by atoms with Gasteiger partial charge in [0.2, 0.25) is 0 Å². The number of aromatic nitrogens is 3. The van der Waals surface area contributed by atoms with E-state index < -0.39 is 0 Å². The minimum Gasteiger partial charge on any atom is -0.352 e. The van der Waals surface area contributed by atoms with E-state index >= 15 is 0 Å². The molecule has 2 aromatic heterocycles. The SMILES string of the molecule is CN=C(NCc1ccc(-n2nc(C)cc2C)nc1)N1CCSC(C(C)C)C1. The number of guanidine groups is 1. The maximum absolute atomic E-state index is 4.58. The van der Waals surface area contributed by atoms with Crippen molar-refractivity contribution >= 4 is 17.7 Å². The van der Waals surface area contributed by atoms with Gasteiger partial charge in [-0.1, -0.05) is 19.9 Å². The van der Waals surface area contributed by atoms with Crippen molar-refractivity contribution < 1.29 is 0 Å². The first-order valence-corrected chi connectivity index (χ1v) is 10.6. The minimum atomic E-state index is 0.666. The summed E-state index contributed by atoms with van der Waals surface area (Å²) in [4.78, 5) is 11.4. The van der Waals surface area contributed by atoms with Crippen LogP contribution >= 0.6 is 11.8 Å². The Balaban J connectivity index is 1.61. The van der Waals surface area contributed by atoms with E-state index in [4.69, 9.17) is 0 Å². The van der Waals surface area contributed by atoms with Gasteiger partial charge in [-0.05, 0) is 37.5 Å². The molecule has 7 heteroatoms. The normalized spacial score (nSPS) is 18.2. The highest BCUT2D eigenvalue weighted by Crippen LogP contribution is 2.24. The molecule has 0 bridgehead atoms. The Morgan fingerprint density at radius 2 is 2.19 bits per heavy atom. The molecule has 146 valence electrons. The van der Waals surface area contributed by atoms with Crippen LogP contribution in [0.2, 0.25) is 0 Å². The van der Waals surface area contributed by atoms with Crippen LogP contribution in [0.1, 0.15) is 30.8 Å². The van der Waals surface area contributed by atoms with E-state index in [-0.39, 0.29) is 0 Å². The van der Waals surface area contributed by atoms with Crippen LogP contribution in [0.25, 0.3) is 5.82 Å². The molecular weight excluding hydrogens is 356 g/mol. The second kappa shape index (κ2) is 8.78. The highest BCUT2D eigenvalue weighted by Gasteiger charge is 2.24. The molecule has 1 aliphatic rings. The highest BCUT2D eigenvalue weighted by atomic mass is 32.2. The molecule has 3 heterocycles. The van der Waals surface area contributed by atoms with Crippen LogP contribution in [-0.2, 0) is 6.54 Å². The van der Waals surface area contributed by atoms with Gasteiger partial charge in [0.1, 0.15) is 0 Å². The Kier molecular flexibility index (Phi) is 6.42. The molecule has 0 aliphatic carbocycles. The largest absolute Gasteiger partial charge is 0.352 e. The topological polar surface area (TPSA) is 58.3 Å². The van der Waals surface area contributed by atoms with Crippen LogP contribution in [-0.4, -0.2) is 56.8 Å². The van der Waals surface area contributed by atoms with E-state index in [1.165, 1.54) is 0 Å². The second-order valence-electron chi connectivity index (χ2n) is 7.36. The number of hydrogen-bond acceptors (Lipinski definition) is 4. The smallest absolute Gasteiger partial charge is 0.193 e. The van der Waals surface area contributed by atoms with Crippen LogP contribution in [0.3, 0.4) is 0 Å². The molecule has 6 nitrogen and oxygen atoms in total. The summed E-state index contributed by atoms with van der Waals surface area (Å²) in [6.07, 6.45) is 1.91. The molecule has 1 aliphatic heterocycles. The standard InChI is InChI=1S/C20H30N6S/c1-14(2)18-13-25(8-9-27-18)20(21-5)23-12-17-6-7-19(22-11-17)26-16(4)10-15(3)24-26/h6-7,10-11,14,18H,8-9,12-13H2,1-5H3,(H,21,23). The Bertz CT molecular complexity index is 780. The predicted molar refractivity (Wildman–Crippen MR) is 114 cm³/mol. The Morgan fingerprint density at radius 3 is 2.78 bits per heavy atom. The van der Waals surface area contributed by atoms with Gasteiger partial charge >= 0.3 is 0 Å². The summed E-state index contributed by atoms with van der Waals surface area (Å²) in [6, 6.07) is 6.18. The lowest BCUT2D eigenvalue weighted by Gasteiger charge is -2.36. The average Bonchev–Trinajstić information content (AvgIpc) is 3.01. The van der Waals surface area contributed by atoms with Gasteiger partial charge in [0.25, 0.3) is 0 Å². The van der Waals surface area contributed by atoms with Crippen LogP contribution in [0, 0.1) is 19.8 Å². The van der Waals surface area contributed by atoms with E-state index in [1.54, 1.807) is 0 Å². The third kappa shape index (κ3) is 4.83. The van der Waals surface area contributed by atoms with Gasteiger partial charge in [-0.15, -0.1) is 0 Å². The molecule has 1 saturated heterocycles. The van der Waals surface area contributed by atoms with Gasteiger partial charge in [-0.2, -0.15) is 16.9 Å². The number of thioether (sulfide) groups is 1. The Morgan fingerprint density at radius 1 is 1.37 bits per heavy atom. The van der Waals surface area contributed by atoms with E-state index in [0.717, 1.165) is 47.6 Å². The summed E-state index contributed by atoms with van der Waals surface area (Å²) >= 11 is 2.08. The highest BCUT2D eigenvalue weighted by molar-refractivity contribution is 8.00. The predicted octanol–water partition coefficient (Wildman–Crippen LogP) is 3.03. The molecular formula is C20H30N6S. The molecule has 1 unspecified atom stereocenters. The lowest BCUT2D eigenvalue weighted by molar-refractivity contribution is 0.380. The molecule has 0 aromatic carbocycles. The van der Waals surface area contributed by atoms with Crippen molar-refractivity contribution in [3.05, 3.63) is 41.3 Å². The number of nitrogens with zero attached hydrogens (tertiary/aromatic N) is 5. The van der Waals surface area contributed by atoms with Gasteiger partial charge in [0.15, 0.2) is 11.8 Å². The second-order valence-corrected chi connectivity index (χ2v) is 8.71. The van der Waals surface area contributed by atoms with E-state index in [0.29, 0.717) is 17.7 Å². The molecule has 27 heavy (non-hydrogen) atoms. The molecule has 3 rings (SSSR count). The van der Waals surface area contributed by atoms with Gasteiger partial charge in [-0.3, -0.25) is 4.99 Å². The number of pyridine rings is 1.